The molecule has 0 radical (unpaired) electrons. The van der Waals surface area contributed by atoms with Crippen LogP contribution in [0, 0.1) is 5.41 Å². The Labute approximate surface area is 105 Å². The third kappa shape index (κ3) is 2.71. The van der Waals surface area contributed by atoms with Crippen molar-refractivity contribution >= 4 is 0 Å². The van der Waals surface area contributed by atoms with E-state index in [-0.39, 0.29) is 12.0 Å². The van der Waals surface area contributed by atoms with E-state index in [2.05, 4.69) is 44.2 Å². The molecule has 0 unspecified atom stereocenters. The van der Waals surface area contributed by atoms with Crippen molar-refractivity contribution in [3.63, 3.8) is 0 Å². The Kier molecular flexibility index (Phi) is 3.58. The molecule has 1 N–H and O–H groups in total. The van der Waals surface area contributed by atoms with Gasteiger partial charge in [-0.25, -0.2) is 0 Å². The fourth-order valence-electron chi connectivity index (χ4n) is 3.38. The maximum Gasteiger partial charge on any atom is 0.0482 e. The number of hydrogen-bond donors (Lipinski definition) is 1. The fourth-order valence-corrected chi connectivity index (χ4v) is 3.38. The van der Waals surface area contributed by atoms with Gasteiger partial charge in [0.2, 0.25) is 0 Å². The van der Waals surface area contributed by atoms with Gasteiger partial charge in [0.05, 0.1) is 0 Å². The van der Waals surface area contributed by atoms with Crippen LogP contribution in [-0.4, -0.2) is 11.7 Å². The van der Waals surface area contributed by atoms with Crippen LogP contribution in [0.1, 0.15) is 51.5 Å². The van der Waals surface area contributed by atoms with Gasteiger partial charge in [0.15, 0.2) is 0 Å². The molecule has 0 amide bonds. The summed E-state index contributed by atoms with van der Waals surface area (Å²) in [5, 5.41) is 9.52. The van der Waals surface area contributed by atoms with Gasteiger partial charge in [-0.1, -0.05) is 57.0 Å². The molecule has 0 atom stereocenters. The maximum absolute atomic E-state index is 9.52. The minimum atomic E-state index is 0.0280. The van der Waals surface area contributed by atoms with Crippen molar-refractivity contribution in [1.82, 2.24) is 0 Å². The van der Waals surface area contributed by atoms with Crippen LogP contribution in [0.5, 0.6) is 0 Å². The van der Waals surface area contributed by atoms with Crippen molar-refractivity contribution < 1.29 is 5.11 Å². The lowest BCUT2D eigenvalue weighted by atomic mass is 9.68. The Bertz CT molecular complexity index is 347. The van der Waals surface area contributed by atoms with Crippen LogP contribution in [0.4, 0.5) is 0 Å². The van der Waals surface area contributed by atoms with Crippen molar-refractivity contribution in [3.8, 4) is 0 Å². The minimum Gasteiger partial charge on any atom is -0.396 e. The second-order valence-corrected chi connectivity index (χ2v) is 6.35. The molecule has 0 saturated heterocycles. The average molecular weight is 232 g/mol. The molecule has 1 aromatic carbocycles. The van der Waals surface area contributed by atoms with Gasteiger partial charge in [0.25, 0.3) is 0 Å². The van der Waals surface area contributed by atoms with E-state index in [4.69, 9.17) is 0 Å². The molecule has 1 nitrogen and oxygen atoms in total. The van der Waals surface area contributed by atoms with Crippen LogP contribution in [0.2, 0.25) is 0 Å². The van der Waals surface area contributed by atoms with E-state index < -0.39 is 0 Å². The Hall–Kier alpha value is -0.820. The molecule has 2 rings (SSSR count). The second-order valence-electron chi connectivity index (χ2n) is 6.35. The van der Waals surface area contributed by atoms with E-state index in [0.29, 0.717) is 5.41 Å². The van der Waals surface area contributed by atoms with E-state index in [1.165, 1.54) is 31.2 Å². The molecule has 0 heterocycles. The molecule has 1 aliphatic rings. The zero-order valence-corrected chi connectivity index (χ0v) is 11.1. The highest BCUT2D eigenvalue weighted by Gasteiger charge is 2.39. The number of benzene rings is 1. The third-order valence-corrected chi connectivity index (χ3v) is 4.19. The van der Waals surface area contributed by atoms with E-state index in [1.54, 1.807) is 0 Å². The fraction of sp³-hybridized carbons (Fsp3) is 0.625. The Morgan fingerprint density at radius 1 is 1.12 bits per heavy atom. The van der Waals surface area contributed by atoms with Gasteiger partial charge in [0.1, 0.15) is 0 Å². The highest BCUT2D eigenvalue weighted by Crippen LogP contribution is 2.48. The molecule has 0 spiro atoms. The highest BCUT2D eigenvalue weighted by molar-refractivity contribution is 5.27. The van der Waals surface area contributed by atoms with E-state index in [9.17, 15) is 5.11 Å². The third-order valence-electron chi connectivity index (χ3n) is 4.19. The Morgan fingerprint density at radius 3 is 2.24 bits per heavy atom. The summed E-state index contributed by atoms with van der Waals surface area (Å²) in [5.41, 5.74) is 1.81. The number of aliphatic hydroxyl groups excluding tert-OH is 1. The molecule has 1 aliphatic carbocycles. The summed E-state index contributed by atoms with van der Waals surface area (Å²) in [7, 11) is 0. The predicted octanol–water partition coefficient (Wildman–Crippen LogP) is 3.91. The first-order chi connectivity index (χ1) is 8.08. The van der Waals surface area contributed by atoms with Crippen LogP contribution in [0.3, 0.4) is 0 Å². The summed E-state index contributed by atoms with van der Waals surface area (Å²) in [4.78, 5) is 0. The molecule has 1 fully saturated rings. The Morgan fingerprint density at radius 2 is 1.71 bits per heavy atom. The first-order valence-corrected chi connectivity index (χ1v) is 6.74. The summed E-state index contributed by atoms with van der Waals surface area (Å²) in [6, 6.07) is 10.9. The van der Waals surface area contributed by atoms with Crippen molar-refractivity contribution in [2.45, 2.75) is 51.4 Å². The van der Waals surface area contributed by atoms with Gasteiger partial charge >= 0.3 is 0 Å². The number of rotatable bonds is 4. The maximum atomic E-state index is 9.52. The monoisotopic (exact) mass is 232 g/mol. The molecular weight excluding hydrogens is 208 g/mol. The van der Waals surface area contributed by atoms with Crippen molar-refractivity contribution in [2.24, 2.45) is 5.41 Å². The predicted molar refractivity (Wildman–Crippen MR) is 72.1 cm³/mol. The molecule has 1 aromatic rings. The van der Waals surface area contributed by atoms with Crippen molar-refractivity contribution in [1.29, 1.82) is 0 Å². The van der Waals surface area contributed by atoms with Crippen LogP contribution >= 0.6 is 0 Å². The quantitative estimate of drug-likeness (QED) is 0.834. The van der Waals surface area contributed by atoms with Crippen LogP contribution < -0.4 is 0 Å². The first-order valence-electron chi connectivity index (χ1n) is 6.74. The van der Waals surface area contributed by atoms with Gasteiger partial charge < -0.3 is 5.11 Å². The smallest absolute Gasteiger partial charge is 0.0482 e. The molecule has 1 saturated carbocycles. The standard InChI is InChI=1S/C16H24O/c1-15(2,13-17)12-16(10-6-7-11-16)14-8-4-3-5-9-14/h3-5,8-9,17H,6-7,10-13H2,1-2H3. The highest BCUT2D eigenvalue weighted by atomic mass is 16.3. The average Bonchev–Trinajstić information content (AvgIpc) is 2.79. The van der Waals surface area contributed by atoms with Crippen LogP contribution in [0.15, 0.2) is 30.3 Å². The van der Waals surface area contributed by atoms with E-state index in [1.807, 2.05) is 0 Å². The minimum absolute atomic E-state index is 0.0280. The summed E-state index contributed by atoms with van der Waals surface area (Å²) in [6.07, 6.45) is 6.31. The zero-order valence-electron chi connectivity index (χ0n) is 11.1. The van der Waals surface area contributed by atoms with E-state index >= 15 is 0 Å². The molecule has 0 bridgehead atoms. The Balaban J connectivity index is 2.28. The number of hydrogen-bond acceptors (Lipinski definition) is 1. The van der Waals surface area contributed by atoms with Gasteiger partial charge in [-0.05, 0) is 35.7 Å². The van der Waals surface area contributed by atoms with Gasteiger partial charge in [-0.2, -0.15) is 0 Å². The van der Waals surface area contributed by atoms with Gasteiger partial charge in [0, 0.05) is 6.61 Å². The molecular formula is C16H24O. The summed E-state index contributed by atoms with van der Waals surface area (Å²) in [6.45, 7) is 4.63. The first kappa shape index (κ1) is 12.6. The van der Waals surface area contributed by atoms with E-state index in [0.717, 1.165) is 6.42 Å². The lowest BCUT2D eigenvalue weighted by Gasteiger charge is -2.37. The van der Waals surface area contributed by atoms with Gasteiger partial charge in [-0.15, -0.1) is 0 Å². The van der Waals surface area contributed by atoms with Crippen molar-refractivity contribution in [2.75, 3.05) is 6.61 Å². The van der Waals surface area contributed by atoms with Gasteiger partial charge in [-0.3, -0.25) is 0 Å². The molecule has 0 aromatic heterocycles. The topological polar surface area (TPSA) is 20.2 Å². The summed E-state index contributed by atoms with van der Waals surface area (Å²) >= 11 is 0. The summed E-state index contributed by atoms with van der Waals surface area (Å²) in [5.74, 6) is 0. The largest absolute Gasteiger partial charge is 0.396 e. The van der Waals surface area contributed by atoms with Crippen LogP contribution in [-0.2, 0) is 5.41 Å². The lowest BCUT2D eigenvalue weighted by Crippen LogP contribution is -2.31. The SMILES string of the molecule is CC(C)(CO)CC1(c2ccccc2)CCCC1. The number of aliphatic hydroxyl groups is 1. The molecule has 94 valence electrons. The molecule has 0 aliphatic heterocycles. The summed E-state index contributed by atoms with van der Waals surface area (Å²) < 4.78 is 0. The normalized spacial score (nSPS) is 19.5. The van der Waals surface area contributed by atoms with Crippen LogP contribution in [0.25, 0.3) is 0 Å². The molecule has 1 heteroatoms. The second kappa shape index (κ2) is 4.81. The zero-order chi connectivity index (χ0) is 12.4. The molecule has 17 heavy (non-hydrogen) atoms. The lowest BCUT2D eigenvalue weighted by molar-refractivity contribution is 0.119. The van der Waals surface area contributed by atoms with Crippen molar-refractivity contribution in [3.05, 3.63) is 35.9 Å².